The van der Waals surface area contributed by atoms with Crippen LogP contribution in [-0.2, 0) is 18.3 Å². The number of rotatable bonds is 6. The quantitative estimate of drug-likeness (QED) is 0.481. The van der Waals surface area contributed by atoms with Gasteiger partial charge in [-0.05, 0) is 51.0 Å². The molecule has 0 spiro atoms. The molecule has 1 aromatic carbocycles. The van der Waals surface area contributed by atoms with Crippen LogP contribution in [0.4, 0.5) is 5.69 Å². The number of aryl methyl sites for hydroxylation is 4. The summed E-state index contributed by atoms with van der Waals surface area (Å²) in [6.45, 7) is 5.81. The van der Waals surface area contributed by atoms with E-state index in [0.29, 0.717) is 34.9 Å². The Morgan fingerprint density at radius 3 is 2.56 bits per heavy atom. The summed E-state index contributed by atoms with van der Waals surface area (Å²) in [6, 6.07) is 11.1. The molecule has 0 aliphatic rings. The van der Waals surface area contributed by atoms with Gasteiger partial charge in [-0.3, -0.25) is 14.3 Å². The third kappa shape index (κ3) is 4.39. The number of carbonyl (C=O) groups excluding carboxylic acids is 1. The molecule has 164 valence electrons. The smallest absolute Gasteiger partial charge is 0.253 e. The Hall–Kier alpha value is -3.94. The van der Waals surface area contributed by atoms with E-state index in [1.54, 1.807) is 30.1 Å². The van der Waals surface area contributed by atoms with E-state index in [4.69, 9.17) is 4.74 Å². The van der Waals surface area contributed by atoms with E-state index in [1.165, 1.54) is 0 Å². The van der Waals surface area contributed by atoms with Crippen molar-refractivity contribution in [2.75, 3.05) is 5.32 Å². The number of nitrogens with zero attached hydrogens (tertiary/aromatic N) is 3. The summed E-state index contributed by atoms with van der Waals surface area (Å²) in [5.41, 5.74) is 4.53. The number of benzene rings is 1. The minimum atomic E-state index is -0.194. The number of nitrogens with one attached hydrogen (secondary N) is 2. The summed E-state index contributed by atoms with van der Waals surface area (Å²) >= 11 is 0. The minimum Gasteiger partial charge on any atom is -0.439 e. The van der Waals surface area contributed by atoms with E-state index >= 15 is 0 Å². The van der Waals surface area contributed by atoms with Crippen LogP contribution >= 0.6 is 0 Å². The fourth-order valence-corrected chi connectivity index (χ4v) is 3.76. The number of aromatic nitrogens is 4. The molecule has 0 fully saturated rings. The lowest BCUT2D eigenvalue weighted by atomic mass is 10.0. The van der Waals surface area contributed by atoms with E-state index < -0.39 is 0 Å². The van der Waals surface area contributed by atoms with Gasteiger partial charge in [0.05, 0.1) is 17.6 Å². The fourth-order valence-electron chi connectivity index (χ4n) is 3.76. The van der Waals surface area contributed by atoms with Crippen molar-refractivity contribution in [1.29, 1.82) is 0 Å². The first-order chi connectivity index (χ1) is 15.3. The van der Waals surface area contributed by atoms with Gasteiger partial charge in [-0.1, -0.05) is 17.7 Å². The lowest BCUT2D eigenvalue weighted by Crippen LogP contribution is -2.19. The Morgan fingerprint density at radius 2 is 1.88 bits per heavy atom. The molecule has 0 radical (unpaired) electrons. The first-order valence-corrected chi connectivity index (χ1v) is 10.4. The van der Waals surface area contributed by atoms with Crippen molar-refractivity contribution >= 4 is 22.6 Å². The summed E-state index contributed by atoms with van der Waals surface area (Å²) in [7, 11) is 1.79. The van der Waals surface area contributed by atoms with Crippen LogP contribution in [-0.4, -0.2) is 25.7 Å². The molecule has 3 heterocycles. The van der Waals surface area contributed by atoms with Crippen LogP contribution in [0.2, 0.25) is 0 Å². The van der Waals surface area contributed by atoms with Crippen molar-refractivity contribution in [2.24, 2.45) is 7.05 Å². The highest BCUT2D eigenvalue weighted by molar-refractivity contribution is 5.91. The van der Waals surface area contributed by atoms with E-state index in [1.807, 2.05) is 45.0 Å². The lowest BCUT2D eigenvalue weighted by molar-refractivity contribution is -0.116. The van der Waals surface area contributed by atoms with Gasteiger partial charge in [0, 0.05) is 30.5 Å². The maximum atomic E-state index is 12.5. The molecule has 8 heteroatoms. The standard InChI is InChI=1S/C24H25N5O3/c1-14-5-8-18(9-6-14)32-21-12-7-17(13-25-21)26-20(30)11-10-19-15(2)22-16(3)28-29(4)23(22)27-24(19)31/h5-9,12-13H,10-11H2,1-4H3,(H,26,30)(H,27,31). The van der Waals surface area contributed by atoms with Gasteiger partial charge in [0.15, 0.2) is 0 Å². The number of H-pyrrole nitrogens is 1. The van der Waals surface area contributed by atoms with E-state index in [9.17, 15) is 9.59 Å². The zero-order valence-corrected chi connectivity index (χ0v) is 18.5. The number of carbonyl (C=O) groups is 1. The number of aromatic amines is 1. The van der Waals surface area contributed by atoms with Crippen molar-refractivity contribution < 1.29 is 9.53 Å². The van der Waals surface area contributed by atoms with Crippen molar-refractivity contribution in [2.45, 2.75) is 33.6 Å². The molecular formula is C24H25N5O3. The van der Waals surface area contributed by atoms with Gasteiger partial charge < -0.3 is 15.0 Å². The molecule has 0 unspecified atom stereocenters. The van der Waals surface area contributed by atoms with Crippen LogP contribution in [0.15, 0.2) is 47.4 Å². The molecule has 32 heavy (non-hydrogen) atoms. The first kappa shape index (κ1) is 21.3. The van der Waals surface area contributed by atoms with E-state index in [-0.39, 0.29) is 17.9 Å². The number of pyridine rings is 2. The number of hydrogen-bond acceptors (Lipinski definition) is 5. The summed E-state index contributed by atoms with van der Waals surface area (Å²) in [5.74, 6) is 0.941. The molecule has 0 saturated carbocycles. The molecule has 3 aromatic heterocycles. The first-order valence-electron chi connectivity index (χ1n) is 10.4. The average molecular weight is 431 g/mol. The molecule has 4 aromatic rings. The minimum absolute atomic E-state index is 0.177. The number of amides is 1. The van der Waals surface area contributed by atoms with Crippen LogP contribution in [0.25, 0.3) is 11.0 Å². The molecule has 1 amide bonds. The molecule has 0 aliphatic heterocycles. The monoisotopic (exact) mass is 431 g/mol. The normalized spacial score (nSPS) is 11.0. The second-order valence-electron chi connectivity index (χ2n) is 7.84. The summed E-state index contributed by atoms with van der Waals surface area (Å²) in [6.07, 6.45) is 2.06. The maximum Gasteiger partial charge on any atom is 0.253 e. The van der Waals surface area contributed by atoms with Crippen LogP contribution < -0.4 is 15.6 Å². The predicted molar refractivity (Wildman–Crippen MR) is 123 cm³/mol. The third-order valence-corrected chi connectivity index (χ3v) is 5.42. The molecule has 0 aliphatic carbocycles. The highest BCUT2D eigenvalue weighted by atomic mass is 16.5. The molecular weight excluding hydrogens is 406 g/mol. The molecule has 8 nitrogen and oxygen atoms in total. The Kier molecular flexibility index (Phi) is 5.77. The van der Waals surface area contributed by atoms with Gasteiger partial charge >= 0.3 is 0 Å². The maximum absolute atomic E-state index is 12.5. The van der Waals surface area contributed by atoms with Crippen molar-refractivity contribution in [3.8, 4) is 11.6 Å². The van der Waals surface area contributed by atoms with Crippen molar-refractivity contribution in [1.82, 2.24) is 19.7 Å². The molecule has 0 atom stereocenters. The topological polar surface area (TPSA) is 102 Å². The predicted octanol–water partition coefficient (Wildman–Crippen LogP) is 3.95. The van der Waals surface area contributed by atoms with E-state index in [2.05, 4.69) is 20.4 Å². The Morgan fingerprint density at radius 1 is 1.12 bits per heavy atom. The Bertz CT molecular complexity index is 1340. The number of fused-ring (bicyclic) bond motifs is 1. The van der Waals surface area contributed by atoms with Gasteiger partial charge in [0.2, 0.25) is 11.8 Å². The number of hydrogen-bond donors (Lipinski definition) is 2. The van der Waals surface area contributed by atoms with Crippen molar-refractivity contribution in [3.05, 3.63) is 75.3 Å². The third-order valence-electron chi connectivity index (χ3n) is 5.42. The Labute approximate surface area is 185 Å². The van der Waals surface area contributed by atoms with Crippen LogP contribution in [0.1, 0.15) is 28.8 Å². The summed E-state index contributed by atoms with van der Waals surface area (Å²) < 4.78 is 7.36. The van der Waals surface area contributed by atoms with Crippen molar-refractivity contribution in [3.63, 3.8) is 0 Å². The molecule has 4 rings (SSSR count). The van der Waals surface area contributed by atoms with Gasteiger partial charge in [-0.25, -0.2) is 4.98 Å². The summed E-state index contributed by atoms with van der Waals surface area (Å²) in [4.78, 5) is 32.1. The summed E-state index contributed by atoms with van der Waals surface area (Å²) in [5, 5.41) is 8.11. The lowest BCUT2D eigenvalue weighted by Gasteiger charge is -2.09. The van der Waals surface area contributed by atoms with Crippen LogP contribution in [0.5, 0.6) is 11.6 Å². The van der Waals surface area contributed by atoms with Gasteiger partial charge in [-0.2, -0.15) is 5.10 Å². The second-order valence-corrected chi connectivity index (χ2v) is 7.84. The number of anilines is 1. The largest absolute Gasteiger partial charge is 0.439 e. The highest BCUT2D eigenvalue weighted by Gasteiger charge is 2.16. The van der Waals surface area contributed by atoms with Gasteiger partial charge in [0.25, 0.3) is 5.56 Å². The van der Waals surface area contributed by atoms with Gasteiger partial charge in [0.1, 0.15) is 11.4 Å². The number of ether oxygens (including phenoxy) is 1. The average Bonchev–Trinajstić information content (AvgIpc) is 3.04. The van der Waals surface area contributed by atoms with Gasteiger partial charge in [-0.15, -0.1) is 0 Å². The second kappa shape index (κ2) is 8.66. The molecule has 0 bridgehead atoms. The highest BCUT2D eigenvalue weighted by Crippen LogP contribution is 2.22. The Balaban J connectivity index is 1.39. The molecule has 0 saturated heterocycles. The zero-order valence-electron chi connectivity index (χ0n) is 18.5. The van der Waals surface area contributed by atoms with Crippen LogP contribution in [0.3, 0.4) is 0 Å². The van der Waals surface area contributed by atoms with E-state index in [0.717, 1.165) is 22.2 Å². The molecule has 2 N–H and O–H groups in total. The zero-order chi connectivity index (χ0) is 22.8. The SMILES string of the molecule is Cc1ccc(Oc2ccc(NC(=O)CCc3c(C)c4c(C)nn(C)c4[nH]c3=O)cn2)cc1. The fraction of sp³-hybridized carbons (Fsp3) is 0.250. The van der Waals surface area contributed by atoms with Crippen LogP contribution in [0, 0.1) is 20.8 Å².